The summed E-state index contributed by atoms with van der Waals surface area (Å²) in [5.74, 6) is 6.33. The standard InChI is InChI=1S/C14H15N/c15-14-10-8-13(9-11-14)7-6-12-4-2-1-3-5-12/h2,4-5,8-10,14H,1,3,11,15H2. The van der Waals surface area contributed by atoms with Crippen molar-refractivity contribution in [2.45, 2.75) is 25.3 Å². The molecule has 0 spiro atoms. The van der Waals surface area contributed by atoms with Gasteiger partial charge in [-0.15, -0.1) is 0 Å². The van der Waals surface area contributed by atoms with Crippen LogP contribution in [0.4, 0.5) is 0 Å². The van der Waals surface area contributed by atoms with Crippen molar-refractivity contribution >= 4 is 0 Å². The van der Waals surface area contributed by atoms with E-state index in [1.807, 2.05) is 12.2 Å². The Hall–Kier alpha value is -1.52. The van der Waals surface area contributed by atoms with Crippen molar-refractivity contribution in [3.63, 3.8) is 0 Å². The lowest BCUT2D eigenvalue weighted by atomic mass is 10.0. The zero-order chi connectivity index (χ0) is 10.5. The lowest BCUT2D eigenvalue weighted by Gasteiger charge is -2.07. The fourth-order valence-electron chi connectivity index (χ4n) is 1.58. The van der Waals surface area contributed by atoms with Gasteiger partial charge in [0.05, 0.1) is 0 Å². The molecule has 0 aromatic carbocycles. The Morgan fingerprint density at radius 3 is 2.47 bits per heavy atom. The van der Waals surface area contributed by atoms with Crippen LogP contribution in [0, 0.1) is 11.8 Å². The summed E-state index contributed by atoms with van der Waals surface area (Å²) in [5.41, 5.74) is 7.94. The van der Waals surface area contributed by atoms with Gasteiger partial charge >= 0.3 is 0 Å². The van der Waals surface area contributed by atoms with Crippen LogP contribution >= 0.6 is 0 Å². The van der Waals surface area contributed by atoms with Crippen molar-refractivity contribution in [3.8, 4) is 11.8 Å². The van der Waals surface area contributed by atoms with E-state index in [9.17, 15) is 0 Å². The maximum absolute atomic E-state index is 5.73. The monoisotopic (exact) mass is 197 g/mol. The topological polar surface area (TPSA) is 26.0 Å². The Balaban J connectivity index is 2.03. The van der Waals surface area contributed by atoms with E-state index in [-0.39, 0.29) is 6.04 Å². The largest absolute Gasteiger partial charge is 0.324 e. The Morgan fingerprint density at radius 2 is 1.87 bits per heavy atom. The third-order valence-electron chi connectivity index (χ3n) is 2.48. The van der Waals surface area contributed by atoms with Crippen molar-refractivity contribution in [3.05, 3.63) is 47.6 Å². The Kier molecular flexibility index (Phi) is 3.22. The molecule has 0 aromatic rings. The average Bonchev–Trinajstić information content (AvgIpc) is 2.30. The van der Waals surface area contributed by atoms with Gasteiger partial charge in [-0.2, -0.15) is 0 Å². The number of allylic oxidation sites excluding steroid dienone is 6. The highest BCUT2D eigenvalue weighted by molar-refractivity contribution is 5.48. The zero-order valence-electron chi connectivity index (χ0n) is 8.74. The van der Waals surface area contributed by atoms with E-state index in [4.69, 9.17) is 5.73 Å². The van der Waals surface area contributed by atoms with Gasteiger partial charge in [0.15, 0.2) is 0 Å². The van der Waals surface area contributed by atoms with Crippen LogP contribution < -0.4 is 5.73 Å². The molecule has 0 aliphatic heterocycles. The fraction of sp³-hybridized carbons (Fsp3) is 0.286. The third-order valence-corrected chi connectivity index (χ3v) is 2.48. The predicted octanol–water partition coefficient (Wildman–Crippen LogP) is 2.48. The Labute approximate surface area is 91.1 Å². The molecule has 76 valence electrons. The van der Waals surface area contributed by atoms with Gasteiger partial charge in [0.2, 0.25) is 0 Å². The second-order valence-corrected chi connectivity index (χ2v) is 3.81. The third kappa shape index (κ3) is 2.97. The van der Waals surface area contributed by atoms with Crippen LogP contribution in [0.3, 0.4) is 0 Å². The van der Waals surface area contributed by atoms with Crippen molar-refractivity contribution in [2.24, 2.45) is 5.73 Å². The molecule has 1 atom stereocenters. The van der Waals surface area contributed by atoms with Crippen molar-refractivity contribution in [2.75, 3.05) is 0 Å². The summed E-state index contributed by atoms with van der Waals surface area (Å²) in [7, 11) is 0. The first-order valence-electron chi connectivity index (χ1n) is 5.37. The van der Waals surface area contributed by atoms with Crippen LogP contribution in [0.5, 0.6) is 0 Å². The van der Waals surface area contributed by atoms with E-state index < -0.39 is 0 Å². The second-order valence-electron chi connectivity index (χ2n) is 3.81. The summed E-state index contributed by atoms with van der Waals surface area (Å²) in [6.45, 7) is 0. The first-order chi connectivity index (χ1) is 7.34. The molecule has 0 fully saturated rings. The average molecular weight is 197 g/mol. The maximum atomic E-state index is 5.73. The highest BCUT2D eigenvalue weighted by Crippen LogP contribution is 2.10. The van der Waals surface area contributed by atoms with Crippen molar-refractivity contribution < 1.29 is 0 Å². The minimum atomic E-state index is 0.171. The van der Waals surface area contributed by atoms with E-state index in [0.717, 1.165) is 30.4 Å². The molecule has 2 N–H and O–H groups in total. The summed E-state index contributed by atoms with van der Waals surface area (Å²) >= 11 is 0. The molecule has 15 heavy (non-hydrogen) atoms. The highest BCUT2D eigenvalue weighted by Gasteiger charge is 2.00. The lowest BCUT2D eigenvalue weighted by molar-refractivity contribution is 0.822. The van der Waals surface area contributed by atoms with E-state index >= 15 is 0 Å². The van der Waals surface area contributed by atoms with Crippen molar-refractivity contribution in [1.29, 1.82) is 0 Å². The van der Waals surface area contributed by atoms with Gasteiger partial charge in [-0.05, 0) is 25.3 Å². The van der Waals surface area contributed by atoms with Gasteiger partial charge < -0.3 is 5.73 Å². The van der Waals surface area contributed by atoms with E-state index in [2.05, 4.69) is 36.1 Å². The molecular formula is C14H15N. The normalized spacial score (nSPS) is 23.9. The fourth-order valence-corrected chi connectivity index (χ4v) is 1.58. The quantitative estimate of drug-likeness (QED) is 0.593. The van der Waals surface area contributed by atoms with Gasteiger partial charge in [0.25, 0.3) is 0 Å². The first kappa shape index (κ1) is 10.0. The SMILES string of the molecule is NC1C=CC(C#CC2=CCCC=C2)=CC1. The summed E-state index contributed by atoms with van der Waals surface area (Å²) in [4.78, 5) is 0. The van der Waals surface area contributed by atoms with Gasteiger partial charge in [0, 0.05) is 17.2 Å². The molecule has 1 heteroatoms. The molecule has 2 aliphatic carbocycles. The molecule has 1 nitrogen and oxygen atoms in total. The van der Waals surface area contributed by atoms with Crippen LogP contribution in [0.25, 0.3) is 0 Å². The van der Waals surface area contributed by atoms with Crippen LogP contribution in [0.2, 0.25) is 0 Å². The maximum Gasteiger partial charge on any atom is 0.0262 e. The smallest absolute Gasteiger partial charge is 0.0262 e. The minimum absolute atomic E-state index is 0.171. The van der Waals surface area contributed by atoms with E-state index in [0.29, 0.717) is 0 Å². The second kappa shape index (κ2) is 4.82. The molecule has 0 bridgehead atoms. The molecule has 0 aromatic heterocycles. The van der Waals surface area contributed by atoms with Crippen LogP contribution in [0.1, 0.15) is 19.3 Å². The number of hydrogen-bond acceptors (Lipinski definition) is 1. The van der Waals surface area contributed by atoms with E-state index in [1.54, 1.807) is 0 Å². The molecular weight excluding hydrogens is 182 g/mol. The number of rotatable bonds is 0. The van der Waals surface area contributed by atoms with Gasteiger partial charge in [-0.25, -0.2) is 0 Å². The summed E-state index contributed by atoms with van der Waals surface area (Å²) in [5, 5.41) is 0. The predicted molar refractivity (Wildman–Crippen MR) is 64.0 cm³/mol. The van der Waals surface area contributed by atoms with Crippen LogP contribution in [-0.2, 0) is 0 Å². The van der Waals surface area contributed by atoms with Crippen molar-refractivity contribution in [1.82, 2.24) is 0 Å². The molecule has 0 amide bonds. The number of hydrogen-bond donors (Lipinski definition) is 1. The molecule has 2 rings (SSSR count). The van der Waals surface area contributed by atoms with Crippen LogP contribution in [0.15, 0.2) is 47.6 Å². The molecule has 0 radical (unpaired) electrons. The molecule has 1 unspecified atom stereocenters. The van der Waals surface area contributed by atoms with E-state index in [1.165, 1.54) is 0 Å². The Morgan fingerprint density at radius 1 is 1.07 bits per heavy atom. The summed E-state index contributed by atoms with van der Waals surface area (Å²) in [6.07, 6.45) is 15.7. The first-order valence-corrected chi connectivity index (χ1v) is 5.37. The van der Waals surface area contributed by atoms with Gasteiger partial charge in [0.1, 0.15) is 0 Å². The zero-order valence-corrected chi connectivity index (χ0v) is 8.74. The molecule has 2 aliphatic rings. The molecule has 0 saturated heterocycles. The van der Waals surface area contributed by atoms with Crippen LogP contribution in [-0.4, -0.2) is 6.04 Å². The molecule has 0 heterocycles. The minimum Gasteiger partial charge on any atom is -0.324 e. The van der Waals surface area contributed by atoms with Gasteiger partial charge in [-0.3, -0.25) is 0 Å². The Bertz CT molecular complexity index is 410. The lowest BCUT2D eigenvalue weighted by Crippen LogP contribution is -2.17. The molecule has 0 saturated carbocycles. The van der Waals surface area contributed by atoms with Gasteiger partial charge in [-0.1, -0.05) is 42.2 Å². The number of nitrogens with two attached hydrogens (primary N) is 1. The summed E-state index contributed by atoms with van der Waals surface area (Å²) in [6, 6.07) is 0.171. The summed E-state index contributed by atoms with van der Waals surface area (Å²) < 4.78 is 0. The highest BCUT2D eigenvalue weighted by atomic mass is 14.6.